The molecule has 0 aliphatic heterocycles. The predicted octanol–water partition coefficient (Wildman–Crippen LogP) is 2.31. The van der Waals surface area contributed by atoms with Crippen molar-refractivity contribution in [3.05, 3.63) is 0 Å². The summed E-state index contributed by atoms with van der Waals surface area (Å²) >= 11 is 0. The molecule has 0 heterocycles. The molecule has 94 valence electrons. The molecule has 2 atom stereocenters. The molecule has 16 heavy (non-hydrogen) atoms. The molecule has 0 rings (SSSR count). The molecule has 0 aliphatic carbocycles. The van der Waals surface area contributed by atoms with Crippen molar-refractivity contribution in [1.82, 2.24) is 0 Å². The second-order valence-corrected chi connectivity index (χ2v) is 4.03. The standard InChI is InChI=1S/C12H22O4/c1-5-10(4)16-12(14)8-9(3)7-11(13)15-6-2/h9-10H,5-8H2,1-4H3. The minimum absolute atomic E-state index is 0.0318. The summed E-state index contributed by atoms with van der Waals surface area (Å²) in [5, 5.41) is 0. The van der Waals surface area contributed by atoms with Crippen LogP contribution in [-0.4, -0.2) is 24.6 Å². The van der Waals surface area contributed by atoms with Crippen LogP contribution < -0.4 is 0 Å². The molecule has 0 fully saturated rings. The molecule has 0 N–H and O–H groups in total. The van der Waals surface area contributed by atoms with Crippen LogP contribution in [-0.2, 0) is 19.1 Å². The van der Waals surface area contributed by atoms with Gasteiger partial charge in [-0.05, 0) is 26.2 Å². The molecule has 0 saturated heterocycles. The zero-order valence-corrected chi connectivity index (χ0v) is 10.6. The van der Waals surface area contributed by atoms with E-state index in [1.807, 2.05) is 20.8 Å². The van der Waals surface area contributed by atoms with Crippen molar-refractivity contribution in [2.45, 2.75) is 53.1 Å². The van der Waals surface area contributed by atoms with Crippen molar-refractivity contribution < 1.29 is 19.1 Å². The first kappa shape index (κ1) is 14.9. The maximum Gasteiger partial charge on any atom is 0.306 e. The minimum atomic E-state index is -0.258. The van der Waals surface area contributed by atoms with Crippen LogP contribution in [0.25, 0.3) is 0 Å². The Kier molecular flexibility index (Phi) is 7.60. The fraction of sp³-hybridized carbons (Fsp3) is 0.833. The van der Waals surface area contributed by atoms with E-state index in [1.165, 1.54) is 0 Å². The van der Waals surface area contributed by atoms with E-state index in [4.69, 9.17) is 9.47 Å². The Hall–Kier alpha value is -1.06. The van der Waals surface area contributed by atoms with E-state index in [0.717, 1.165) is 6.42 Å². The summed E-state index contributed by atoms with van der Waals surface area (Å²) in [6.07, 6.45) is 1.28. The second-order valence-electron chi connectivity index (χ2n) is 4.03. The lowest BCUT2D eigenvalue weighted by atomic mass is 10.0. The van der Waals surface area contributed by atoms with Gasteiger partial charge in [-0.2, -0.15) is 0 Å². The van der Waals surface area contributed by atoms with E-state index in [-0.39, 0.29) is 36.8 Å². The highest BCUT2D eigenvalue weighted by Gasteiger charge is 2.16. The van der Waals surface area contributed by atoms with E-state index in [2.05, 4.69) is 0 Å². The van der Waals surface area contributed by atoms with E-state index in [0.29, 0.717) is 6.61 Å². The lowest BCUT2D eigenvalue weighted by molar-refractivity contribution is -0.150. The van der Waals surface area contributed by atoms with Gasteiger partial charge < -0.3 is 9.47 Å². The molecule has 0 aromatic heterocycles. The number of hydrogen-bond donors (Lipinski definition) is 0. The van der Waals surface area contributed by atoms with Crippen LogP contribution in [0.3, 0.4) is 0 Å². The van der Waals surface area contributed by atoms with Gasteiger partial charge in [0.2, 0.25) is 0 Å². The zero-order chi connectivity index (χ0) is 12.6. The van der Waals surface area contributed by atoms with E-state index < -0.39 is 0 Å². The van der Waals surface area contributed by atoms with Crippen molar-refractivity contribution in [2.24, 2.45) is 5.92 Å². The summed E-state index contributed by atoms with van der Waals surface area (Å²) in [6, 6.07) is 0. The summed E-state index contributed by atoms with van der Waals surface area (Å²) in [4.78, 5) is 22.5. The number of hydrogen-bond acceptors (Lipinski definition) is 4. The van der Waals surface area contributed by atoms with Gasteiger partial charge in [0.05, 0.1) is 12.7 Å². The Bertz CT molecular complexity index is 225. The zero-order valence-electron chi connectivity index (χ0n) is 10.6. The average molecular weight is 230 g/mol. The quantitative estimate of drug-likeness (QED) is 0.630. The summed E-state index contributed by atoms with van der Waals surface area (Å²) in [5.74, 6) is -0.534. The Morgan fingerprint density at radius 2 is 1.62 bits per heavy atom. The van der Waals surface area contributed by atoms with Gasteiger partial charge in [0.1, 0.15) is 0 Å². The summed E-state index contributed by atoms with van der Waals surface area (Å²) in [6.45, 7) is 7.80. The van der Waals surface area contributed by atoms with Gasteiger partial charge in [0.25, 0.3) is 0 Å². The molecule has 0 saturated carbocycles. The number of esters is 2. The van der Waals surface area contributed by atoms with Crippen LogP contribution in [0.4, 0.5) is 0 Å². The van der Waals surface area contributed by atoms with Gasteiger partial charge >= 0.3 is 11.9 Å². The van der Waals surface area contributed by atoms with Crippen molar-refractivity contribution in [1.29, 1.82) is 0 Å². The monoisotopic (exact) mass is 230 g/mol. The summed E-state index contributed by atoms with van der Waals surface area (Å²) in [5.41, 5.74) is 0. The summed E-state index contributed by atoms with van der Waals surface area (Å²) in [7, 11) is 0. The Labute approximate surface area is 97.3 Å². The van der Waals surface area contributed by atoms with Crippen LogP contribution in [0.5, 0.6) is 0 Å². The minimum Gasteiger partial charge on any atom is -0.466 e. The average Bonchev–Trinajstić information content (AvgIpc) is 2.16. The smallest absolute Gasteiger partial charge is 0.306 e. The number of carbonyl (C=O) groups is 2. The van der Waals surface area contributed by atoms with Crippen LogP contribution in [0.1, 0.15) is 47.0 Å². The highest BCUT2D eigenvalue weighted by Crippen LogP contribution is 2.11. The fourth-order valence-electron chi connectivity index (χ4n) is 1.22. The van der Waals surface area contributed by atoms with Gasteiger partial charge in [-0.15, -0.1) is 0 Å². The van der Waals surface area contributed by atoms with Crippen LogP contribution in [0.15, 0.2) is 0 Å². The van der Waals surface area contributed by atoms with Crippen molar-refractivity contribution in [2.75, 3.05) is 6.61 Å². The van der Waals surface area contributed by atoms with Crippen LogP contribution in [0, 0.1) is 5.92 Å². The molecule has 0 spiro atoms. The first-order valence-corrected chi connectivity index (χ1v) is 5.84. The van der Waals surface area contributed by atoms with Gasteiger partial charge in [-0.25, -0.2) is 0 Å². The topological polar surface area (TPSA) is 52.6 Å². The molecule has 0 radical (unpaired) electrons. The van der Waals surface area contributed by atoms with Crippen molar-refractivity contribution in [3.8, 4) is 0 Å². The highest BCUT2D eigenvalue weighted by molar-refractivity contribution is 5.73. The second kappa shape index (κ2) is 8.13. The molecule has 0 amide bonds. The van der Waals surface area contributed by atoms with Gasteiger partial charge in [-0.3, -0.25) is 9.59 Å². The van der Waals surface area contributed by atoms with Crippen molar-refractivity contribution >= 4 is 11.9 Å². The van der Waals surface area contributed by atoms with E-state index in [1.54, 1.807) is 6.92 Å². The molecule has 0 bridgehead atoms. The molecule has 4 nitrogen and oxygen atoms in total. The highest BCUT2D eigenvalue weighted by atomic mass is 16.5. The SMILES string of the molecule is CCOC(=O)CC(C)CC(=O)OC(C)CC. The third kappa shape index (κ3) is 7.26. The lowest BCUT2D eigenvalue weighted by Gasteiger charge is -2.13. The largest absolute Gasteiger partial charge is 0.466 e. The van der Waals surface area contributed by atoms with Gasteiger partial charge in [0, 0.05) is 12.8 Å². The van der Waals surface area contributed by atoms with Crippen LogP contribution in [0.2, 0.25) is 0 Å². The first-order valence-electron chi connectivity index (χ1n) is 5.84. The molecular formula is C12H22O4. The van der Waals surface area contributed by atoms with Crippen molar-refractivity contribution in [3.63, 3.8) is 0 Å². The first-order chi connectivity index (χ1) is 7.49. The normalized spacial score (nSPS) is 14.0. The maximum atomic E-state index is 11.4. The third-order valence-electron chi connectivity index (χ3n) is 2.24. The molecule has 4 heteroatoms. The number of carbonyl (C=O) groups excluding carboxylic acids is 2. The third-order valence-corrected chi connectivity index (χ3v) is 2.24. The number of ether oxygens (including phenoxy) is 2. The summed E-state index contributed by atoms with van der Waals surface area (Å²) < 4.78 is 9.93. The van der Waals surface area contributed by atoms with Gasteiger partial charge in [0.15, 0.2) is 0 Å². The fourth-order valence-corrected chi connectivity index (χ4v) is 1.22. The lowest BCUT2D eigenvalue weighted by Crippen LogP contribution is -2.18. The van der Waals surface area contributed by atoms with E-state index in [9.17, 15) is 9.59 Å². The molecule has 0 aliphatic rings. The Morgan fingerprint density at radius 3 is 2.12 bits per heavy atom. The van der Waals surface area contributed by atoms with E-state index >= 15 is 0 Å². The Balaban J connectivity index is 3.82. The molecule has 0 aromatic carbocycles. The van der Waals surface area contributed by atoms with Crippen LogP contribution >= 0.6 is 0 Å². The van der Waals surface area contributed by atoms with Gasteiger partial charge in [-0.1, -0.05) is 13.8 Å². The molecular weight excluding hydrogens is 208 g/mol. The molecule has 0 aromatic rings. The maximum absolute atomic E-state index is 11.4. The number of rotatable bonds is 7. The molecule has 2 unspecified atom stereocenters. The predicted molar refractivity (Wildman–Crippen MR) is 60.9 cm³/mol. The Morgan fingerprint density at radius 1 is 1.06 bits per heavy atom.